The van der Waals surface area contributed by atoms with Crippen molar-refractivity contribution in [3.05, 3.63) is 0 Å². The first-order chi connectivity index (χ1) is 8.40. The van der Waals surface area contributed by atoms with Gasteiger partial charge in [-0.3, -0.25) is 4.90 Å². The predicted molar refractivity (Wildman–Crippen MR) is 78.8 cm³/mol. The highest BCUT2D eigenvalue weighted by Gasteiger charge is 2.18. The second kappa shape index (κ2) is 7.47. The second-order valence-electron chi connectivity index (χ2n) is 5.28. The van der Waals surface area contributed by atoms with Crippen molar-refractivity contribution in [2.24, 2.45) is 0 Å². The van der Waals surface area contributed by atoms with E-state index in [0.29, 0.717) is 6.54 Å². The number of ether oxygens (including phenoxy) is 1. The molecule has 18 heavy (non-hydrogen) atoms. The number of thiol groups is 1. The van der Waals surface area contributed by atoms with Gasteiger partial charge in [0.2, 0.25) is 0 Å². The zero-order valence-electron chi connectivity index (χ0n) is 11.3. The third-order valence-electron chi connectivity index (χ3n) is 2.54. The Morgan fingerprint density at radius 2 is 1.94 bits per heavy atom. The maximum absolute atomic E-state index is 11.4. The van der Waals surface area contributed by atoms with Crippen molar-refractivity contribution in [1.82, 2.24) is 14.5 Å². The van der Waals surface area contributed by atoms with E-state index in [1.165, 1.54) is 11.0 Å². The smallest absolute Gasteiger partial charge is 0.407 e. The molecule has 0 saturated carbocycles. The average Bonchev–Trinajstić information content (AvgIpc) is 2.27. The van der Waals surface area contributed by atoms with Crippen molar-refractivity contribution in [2.75, 3.05) is 39.3 Å². The molecular weight excluding hydrogens is 270 g/mol. The summed E-state index contributed by atoms with van der Waals surface area (Å²) in [6.07, 6.45) is -0.341. The molecule has 0 radical (unpaired) electrons. The van der Waals surface area contributed by atoms with Gasteiger partial charge in [0, 0.05) is 39.3 Å². The first-order valence-corrected chi connectivity index (χ1v) is 7.99. The van der Waals surface area contributed by atoms with Crippen LogP contribution in [-0.4, -0.2) is 60.2 Å². The van der Waals surface area contributed by atoms with Gasteiger partial charge in [-0.15, -0.1) is 0 Å². The molecule has 1 rings (SSSR count). The number of alkyl carbamates (subject to hydrolysis) is 1. The molecule has 0 aromatic rings. The minimum atomic E-state index is -0.431. The molecule has 1 fully saturated rings. The molecule has 1 N–H and O–H groups in total. The van der Waals surface area contributed by atoms with Crippen LogP contribution in [0.5, 0.6) is 0 Å². The Labute approximate surface area is 119 Å². The lowest BCUT2D eigenvalue weighted by molar-refractivity contribution is 0.0520. The van der Waals surface area contributed by atoms with Crippen LogP contribution >= 0.6 is 22.6 Å². The molecular formula is C11H23N3O2S2. The van der Waals surface area contributed by atoms with Gasteiger partial charge in [0.25, 0.3) is 0 Å². The van der Waals surface area contributed by atoms with Crippen LogP contribution in [0, 0.1) is 0 Å². The van der Waals surface area contributed by atoms with Crippen LogP contribution in [0.1, 0.15) is 20.8 Å². The number of amides is 1. The van der Waals surface area contributed by atoms with E-state index >= 15 is 0 Å². The molecule has 1 heterocycles. The highest BCUT2D eigenvalue weighted by Crippen LogP contribution is 2.15. The van der Waals surface area contributed by atoms with Gasteiger partial charge in [-0.25, -0.2) is 9.10 Å². The minimum absolute atomic E-state index is 0.341. The van der Waals surface area contributed by atoms with Crippen LogP contribution in [0.2, 0.25) is 0 Å². The Morgan fingerprint density at radius 1 is 1.33 bits per heavy atom. The van der Waals surface area contributed by atoms with Gasteiger partial charge in [0.1, 0.15) is 5.60 Å². The Bertz CT molecular complexity index is 264. The van der Waals surface area contributed by atoms with Crippen LogP contribution in [-0.2, 0) is 4.74 Å². The first kappa shape index (κ1) is 15.9. The number of carbonyl (C=O) groups is 1. The van der Waals surface area contributed by atoms with Crippen LogP contribution in [0.25, 0.3) is 0 Å². The van der Waals surface area contributed by atoms with Gasteiger partial charge in [0.05, 0.1) is 0 Å². The number of piperazine rings is 1. The third kappa shape index (κ3) is 6.72. The summed E-state index contributed by atoms with van der Waals surface area (Å²) in [5, 5.41) is 2.77. The first-order valence-electron chi connectivity index (χ1n) is 6.16. The van der Waals surface area contributed by atoms with Crippen LogP contribution < -0.4 is 5.32 Å². The summed E-state index contributed by atoms with van der Waals surface area (Å²) in [6, 6.07) is 0. The summed E-state index contributed by atoms with van der Waals surface area (Å²) in [7, 11) is 1.49. The average molecular weight is 293 g/mol. The topological polar surface area (TPSA) is 44.8 Å². The molecule has 1 aliphatic heterocycles. The number of hydrogen-bond donors (Lipinski definition) is 2. The molecule has 106 valence electrons. The Balaban J connectivity index is 2.10. The highest BCUT2D eigenvalue weighted by atomic mass is 33.1. The normalized spacial score (nSPS) is 18.7. The van der Waals surface area contributed by atoms with E-state index in [4.69, 9.17) is 4.74 Å². The van der Waals surface area contributed by atoms with E-state index in [1.807, 2.05) is 20.8 Å². The molecule has 0 spiro atoms. The molecule has 0 aliphatic carbocycles. The molecule has 0 unspecified atom stereocenters. The zero-order chi connectivity index (χ0) is 13.6. The lowest BCUT2D eigenvalue weighted by Gasteiger charge is -2.32. The summed E-state index contributed by atoms with van der Waals surface area (Å²) < 4.78 is 7.39. The summed E-state index contributed by atoms with van der Waals surface area (Å²) in [5.74, 6) is 0. The number of hydrogen-bond acceptors (Lipinski definition) is 6. The van der Waals surface area contributed by atoms with Gasteiger partial charge in [-0.05, 0) is 31.8 Å². The predicted octanol–water partition coefficient (Wildman–Crippen LogP) is 1.62. The number of rotatable bonds is 4. The van der Waals surface area contributed by atoms with Crippen LogP contribution in [0.4, 0.5) is 4.79 Å². The molecule has 1 amide bonds. The van der Waals surface area contributed by atoms with E-state index in [1.54, 1.807) is 0 Å². The molecule has 0 aromatic heterocycles. The zero-order valence-corrected chi connectivity index (χ0v) is 13.0. The summed E-state index contributed by atoms with van der Waals surface area (Å²) in [5.41, 5.74) is -0.431. The Kier molecular flexibility index (Phi) is 6.62. The second-order valence-corrected chi connectivity index (χ2v) is 6.45. The molecule has 7 heteroatoms. The van der Waals surface area contributed by atoms with Gasteiger partial charge in [-0.2, -0.15) is 0 Å². The highest BCUT2D eigenvalue weighted by molar-refractivity contribution is 8.67. The van der Waals surface area contributed by atoms with E-state index < -0.39 is 5.60 Å². The summed E-state index contributed by atoms with van der Waals surface area (Å²) in [6.45, 7) is 11.1. The Hall–Kier alpha value is -0.110. The van der Waals surface area contributed by atoms with Gasteiger partial charge in [0.15, 0.2) is 0 Å². The largest absolute Gasteiger partial charge is 0.444 e. The van der Waals surface area contributed by atoms with E-state index in [-0.39, 0.29) is 6.09 Å². The monoisotopic (exact) mass is 293 g/mol. The molecule has 0 aromatic carbocycles. The van der Waals surface area contributed by atoms with E-state index in [2.05, 4.69) is 26.2 Å². The fourth-order valence-corrected chi connectivity index (χ4v) is 2.48. The minimum Gasteiger partial charge on any atom is -0.444 e. The van der Waals surface area contributed by atoms with Crippen molar-refractivity contribution in [3.8, 4) is 0 Å². The van der Waals surface area contributed by atoms with E-state index in [0.717, 1.165) is 32.7 Å². The van der Waals surface area contributed by atoms with Crippen molar-refractivity contribution >= 4 is 28.7 Å². The lowest BCUT2D eigenvalue weighted by Crippen LogP contribution is -2.46. The molecule has 1 aliphatic rings. The Morgan fingerprint density at radius 3 is 2.44 bits per heavy atom. The molecule has 1 saturated heterocycles. The van der Waals surface area contributed by atoms with Crippen molar-refractivity contribution in [1.29, 1.82) is 0 Å². The SMILES string of the molecule is CC(C)(C)OC(=O)NCCN1CCN(SS)CC1. The van der Waals surface area contributed by atoms with Crippen LogP contribution in [0.3, 0.4) is 0 Å². The van der Waals surface area contributed by atoms with Gasteiger partial charge in [-0.1, -0.05) is 11.7 Å². The number of nitrogens with one attached hydrogen (secondary N) is 1. The summed E-state index contributed by atoms with van der Waals surface area (Å²) in [4.78, 5) is 13.8. The van der Waals surface area contributed by atoms with Crippen molar-refractivity contribution in [3.63, 3.8) is 0 Å². The van der Waals surface area contributed by atoms with Crippen molar-refractivity contribution < 1.29 is 9.53 Å². The lowest BCUT2D eigenvalue weighted by atomic mass is 10.2. The van der Waals surface area contributed by atoms with Crippen molar-refractivity contribution in [2.45, 2.75) is 26.4 Å². The number of carbonyl (C=O) groups excluding carboxylic acids is 1. The summed E-state index contributed by atoms with van der Waals surface area (Å²) >= 11 is 4.18. The third-order valence-corrected chi connectivity index (χ3v) is 3.83. The number of nitrogens with zero attached hydrogens (tertiary/aromatic N) is 2. The molecule has 0 atom stereocenters. The van der Waals surface area contributed by atoms with Gasteiger partial charge >= 0.3 is 6.09 Å². The molecule has 0 bridgehead atoms. The van der Waals surface area contributed by atoms with E-state index in [9.17, 15) is 4.79 Å². The van der Waals surface area contributed by atoms with Gasteiger partial charge < -0.3 is 10.1 Å². The maximum Gasteiger partial charge on any atom is 0.407 e. The fraction of sp³-hybridized carbons (Fsp3) is 0.909. The standard InChI is InChI=1S/C11H23N3O2S2/c1-11(2,3)16-10(15)12-4-5-13-6-8-14(18-17)9-7-13/h17H,4-9H2,1-3H3,(H,12,15). The maximum atomic E-state index is 11.4. The van der Waals surface area contributed by atoms with Crippen LogP contribution in [0.15, 0.2) is 0 Å². The fourth-order valence-electron chi connectivity index (χ4n) is 1.67. The molecule has 5 nitrogen and oxygen atoms in total. The quantitative estimate of drug-likeness (QED) is 0.468.